The first-order chi connectivity index (χ1) is 11.4. The predicted octanol–water partition coefficient (Wildman–Crippen LogP) is 2.94. The number of benzene rings is 1. The van der Waals surface area contributed by atoms with Gasteiger partial charge in [-0.3, -0.25) is 0 Å². The molecule has 1 aromatic heterocycles. The molecule has 1 saturated heterocycles. The van der Waals surface area contributed by atoms with Gasteiger partial charge in [0.05, 0.1) is 24.0 Å². The highest BCUT2D eigenvalue weighted by atomic mass is 16.5. The number of piperidine rings is 1. The lowest BCUT2D eigenvalue weighted by atomic mass is 9.97. The van der Waals surface area contributed by atoms with E-state index in [0.717, 1.165) is 37.3 Å². The largest absolute Gasteiger partial charge is 0.393 e. The van der Waals surface area contributed by atoms with Gasteiger partial charge in [0, 0.05) is 18.5 Å². The Hall–Kier alpha value is -2.08. The van der Waals surface area contributed by atoms with Gasteiger partial charge in [0.25, 0.3) is 0 Å². The summed E-state index contributed by atoms with van der Waals surface area (Å²) in [4.78, 5) is 6.77. The molecule has 1 fully saturated rings. The molecule has 0 spiro atoms. The van der Waals surface area contributed by atoms with E-state index in [0.29, 0.717) is 18.3 Å². The van der Waals surface area contributed by atoms with Crippen molar-refractivity contribution < 1.29 is 9.63 Å². The summed E-state index contributed by atoms with van der Waals surface area (Å²) < 4.78 is 5.34. The Kier molecular flexibility index (Phi) is 4.76. The number of hydrogen-bond acceptors (Lipinski definition) is 6. The molecule has 0 saturated carbocycles. The lowest BCUT2D eigenvalue weighted by Crippen LogP contribution is -2.36. The number of nitrogens with zero attached hydrogens (tertiary/aromatic N) is 3. The smallest absolute Gasteiger partial charge is 0.232 e. The third kappa shape index (κ3) is 3.87. The minimum Gasteiger partial charge on any atom is -0.393 e. The molecule has 130 valence electrons. The summed E-state index contributed by atoms with van der Waals surface area (Å²) >= 11 is 0. The first kappa shape index (κ1) is 16.8. The molecule has 0 atom stereocenters. The van der Waals surface area contributed by atoms with E-state index in [4.69, 9.17) is 4.52 Å². The van der Waals surface area contributed by atoms with Crippen LogP contribution in [0.4, 0.5) is 11.4 Å². The molecule has 24 heavy (non-hydrogen) atoms. The summed E-state index contributed by atoms with van der Waals surface area (Å²) in [7, 11) is 0. The van der Waals surface area contributed by atoms with Crippen molar-refractivity contribution in [3.63, 3.8) is 0 Å². The number of hydrogen-bond donors (Lipinski definition) is 2. The molecule has 3 rings (SSSR count). The molecule has 0 bridgehead atoms. The van der Waals surface area contributed by atoms with E-state index in [9.17, 15) is 5.11 Å². The Morgan fingerprint density at radius 2 is 1.96 bits per heavy atom. The van der Waals surface area contributed by atoms with Crippen molar-refractivity contribution in [2.45, 2.75) is 51.7 Å². The van der Waals surface area contributed by atoms with Crippen LogP contribution in [0.2, 0.25) is 0 Å². The monoisotopic (exact) mass is 330 g/mol. The van der Waals surface area contributed by atoms with Gasteiger partial charge in [0.1, 0.15) is 0 Å². The molecule has 0 unspecified atom stereocenters. The highest BCUT2D eigenvalue weighted by Gasteiger charge is 2.22. The topological polar surface area (TPSA) is 74.4 Å². The van der Waals surface area contributed by atoms with E-state index < -0.39 is 0 Å². The van der Waals surface area contributed by atoms with Crippen LogP contribution < -0.4 is 10.2 Å². The Bertz CT molecular complexity index is 670. The SMILES string of the molecule is CC(C)(C)c1nc(CNc2ccccc2N2CCC(O)CC2)no1. The molecule has 6 heteroatoms. The van der Waals surface area contributed by atoms with Gasteiger partial charge < -0.3 is 19.8 Å². The van der Waals surface area contributed by atoms with Crippen molar-refractivity contribution in [1.29, 1.82) is 0 Å². The van der Waals surface area contributed by atoms with Crippen LogP contribution in [0.3, 0.4) is 0 Å². The van der Waals surface area contributed by atoms with Crippen LogP contribution in [0, 0.1) is 0 Å². The third-order valence-corrected chi connectivity index (χ3v) is 4.26. The van der Waals surface area contributed by atoms with Crippen molar-refractivity contribution in [1.82, 2.24) is 10.1 Å². The van der Waals surface area contributed by atoms with Gasteiger partial charge in [0.15, 0.2) is 5.82 Å². The average Bonchev–Trinajstić information content (AvgIpc) is 3.03. The van der Waals surface area contributed by atoms with Gasteiger partial charge in [0.2, 0.25) is 5.89 Å². The summed E-state index contributed by atoms with van der Waals surface area (Å²) in [5.74, 6) is 1.31. The molecule has 2 aromatic rings. The number of rotatable bonds is 4. The molecule has 0 amide bonds. The number of aliphatic hydroxyl groups is 1. The normalized spacial score (nSPS) is 16.4. The van der Waals surface area contributed by atoms with Crippen LogP contribution in [-0.4, -0.2) is 34.4 Å². The molecular formula is C18H26N4O2. The fraction of sp³-hybridized carbons (Fsp3) is 0.556. The maximum absolute atomic E-state index is 9.69. The Labute approximate surface area is 142 Å². The second kappa shape index (κ2) is 6.81. The second-order valence-corrected chi connectivity index (χ2v) is 7.35. The van der Waals surface area contributed by atoms with E-state index in [1.165, 1.54) is 0 Å². The van der Waals surface area contributed by atoms with E-state index in [1.54, 1.807) is 0 Å². The van der Waals surface area contributed by atoms with Gasteiger partial charge in [-0.1, -0.05) is 38.1 Å². The third-order valence-electron chi connectivity index (χ3n) is 4.26. The van der Waals surface area contributed by atoms with Crippen molar-refractivity contribution in [2.24, 2.45) is 0 Å². The number of nitrogens with one attached hydrogen (secondary N) is 1. The lowest BCUT2D eigenvalue weighted by molar-refractivity contribution is 0.145. The first-order valence-corrected chi connectivity index (χ1v) is 8.52. The molecule has 2 N–H and O–H groups in total. The van der Waals surface area contributed by atoms with Crippen molar-refractivity contribution in [3.05, 3.63) is 36.0 Å². The van der Waals surface area contributed by atoms with Crippen LogP contribution >= 0.6 is 0 Å². The van der Waals surface area contributed by atoms with E-state index >= 15 is 0 Å². The summed E-state index contributed by atoms with van der Waals surface area (Å²) in [6.07, 6.45) is 1.46. The summed E-state index contributed by atoms with van der Waals surface area (Å²) in [5.41, 5.74) is 2.07. The van der Waals surface area contributed by atoms with Crippen LogP contribution in [0.1, 0.15) is 45.3 Å². The Morgan fingerprint density at radius 1 is 1.25 bits per heavy atom. The van der Waals surface area contributed by atoms with Crippen molar-refractivity contribution >= 4 is 11.4 Å². The molecule has 0 radical (unpaired) electrons. The summed E-state index contributed by atoms with van der Waals surface area (Å²) in [6, 6.07) is 8.22. The Balaban J connectivity index is 1.68. The molecule has 1 aliphatic rings. The minimum atomic E-state index is -0.170. The van der Waals surface area contributed by atoms with Gasteiger partial charge in [-0.15, -0.1) is 0 Å². The highest BCUT2D eigenvalue weighted by molar-refractivity contribution is 5.70. The second-order valence-electron chi connectivity index (χ2n) is 7.35. The van der Waals surface area contributed by atoms with E-state index in [1.807, 2.05) is 12.1 Å². The lowest BCUT2D eigenvalue weighted by Gasteiger charge is -2.32. The molecule has 6 nitrogen and oxygen atoms in total. The van der Waals surface area contributed by atoms with Gasteiger partial charge >= 0.3 is 0 Å². The predicted molar refractivity (Wildman–Crippen MR) is 94.2 cm³/mol. The van der Waals surface area contributed by atoms with Gasteiger partial charge in [-0.05, 0) is 25.0 Å². The van der Waals surface area contributed by atoms with E-state index in [2.05, 4.69) is 53.3 Å². The number of aromatic nitrogens is 2. The average molecular weight is 330 g/mol. The zero-order chi connectivity index (χ0) is 17.2. The molecule has 1 aliphatic heterocycles. The standard InChI is InChI=1S/C18H26N4O2/c1-18(2,3)17-20-16(21-24-17)12-19-14-6-4-5-7-15(14)22-10-8-13(23)9-11-22/h4-7,13,19,23H,8-12H2,1-3H3. The van der Waals surface area contributed by atoms with Gasteiger partial charge in [-0.25, -0.2) is 0 Å². The number of anilines is 2. The Morgan fingerprint density at radius 3 is 2.62 bits per heavy atom. The number of aliphatic hydroxyl groups excluding tert-OH is 1. The zero-order valence-corrected chi connectivity index (χ0v) is 14.6. The fourth-order valence-corrected chi connectivity index (χ4v) is 2.81. The molecule has 2 heterocycles. The molecule has 0 aliphatic carbocycles. The molecule has 1 aromatic carbocycles. The maximum atomic E-state index is 9.69. The van der Waals surface area contributed by atoms with Crippen molar-refractivity contribution in [3.8, 4) is 0 Å². The van der Waals surface area contributed by atoms with Crippen LogP contribution in [-0.2, 0) is 12.0 Å². The summed E-state index contributed by atoms with van der Waals surface area (Å²) in [5, 5.41) is 17.2. The maximum Gasteiger partial charge on any atom is 0.232 e. The fourth-order valence-electron chi connectivity index (χ4n) is 2.81. The van der Waals surface area contributed by atoms with Gasteiger partial charge in [-0.2, -0.15) is 4.98 Å². The van der Waals surface area contributed by atoms with Crippen molar-refractivity contribution in [2.75, 3.05) is 23.3 Å². The van der Waals surface area contributed by atoms with E-state index in [-0.39, 0.29) is 11.5 Å². The zero-order valence-electron chi connectivity index (χ0n) is 14.6. The van der Waals surface area contributed by atoms with Crippen LogP contribution in [0.25, 0.3) is 0 Å². The number of para-hydroxylation sites is 2. The highest BCUT2D eigenvalue weighted by Crippen LogP contribution is 2.28. The van der Waals surface area contributed by atoms with Crippen LogP contribution in [0.5, 0.6) is 0 Å². The minimum absolute atomic E-state index is 0.141. The van der Waals surface area contributed by atoms with Crippen LogP contribution in [0.15, 0.2) is 28.8 Å². The molecular weight excluding hydrogens is 304 g/mol. The quantitative estimate of drug-likeness (QED) is 0.898. The first-order valence-electron chi connectivity index (χ1n) is 8.52. The summed E-state index contributed by atoms with van der Waals surface area (Å²) in [6.45, 7) is 8.42.